The van der Waals surface area contributed by atoms with Crippen molar-refractivity contribution in [3.8, 4) is 0 Å². The second-order valence-corrected chi connectivity index (χ2v) is 5.45. The Balaban J connectivity index is 2.08. The van der Waals surface area contributed by atoms with Crippen molar-refractivity contribution in [2.45, 2.75) is 44.4 Å². The van der Waals surface area contributed by atoms with Gasteiger partial charge >= 0.3 is 0 Å². The Morgan fingerprint density at radius 2 is 2.23 bits per heavy atom. The van der Waals surface area contributed by atoms with Gasteiger partial charge in [0, 0.05) is 30.9 Å². The van der Waals surface area contributed by atoms with Gasteiger partial charge in [-0.25, -0.2) is 13.8 Å². The lowest BCUT2D eigenvalue weighted by atomic mass is 10.0. The highest BCUT2D eigenvalue weighted by atomic mass is 19.3. The monoisotopic (exact) mass is 310 g/mol. The van der Waals surface area contributed by atoms with E-state index < -0.39 is 11.8 Å². The van der Waals surface area contributed by atoms with Crippen LogP contribution in [0.4, 0.5) is 14.6 Å². The summed E-state index contributed by atoms with van der Waals surface area (Å²) in [6.07, 6.45) is 4.94. The highest BCUT2D eigenvalue weighted by Crippen LogP contribution is 2.36. The van der Waals surface area contributed by atoms with Gasteiger partial charge < -0.3 is 10.4 Å². The highest BCUT2D eigenvalue weighted by Gasteiger charge is 2.35. The summed E-state index contributed by atoms with van der Waals surface area (Å²) in [7, 11) is 0. The third kappa shape index (κ3) is 4.59. The number of carbonyl (C=O) groups is 1. The number of hydrogen-bond acceptors (Lipinski definition) is 3. The van der Waals surface area contributed by atoms with E-state index in [9.17, 15) is 13.6 Å². The standard InChI is InChI=1S/C16H20F2N2O2/c17-16(18)7-3-1-2-4-13(16)11-15(22)20-14-10-12(6-9-21)5-8-19-14/h5,8,10-11,21H,1-4,6-7,9H2,(H,19,20,22)/b13-11-. The average Bonchev–Trinajstić information content (AvgIpc) is 2.61. The molecule has 1 saturated carbocycles. The van der Waals surface area contributed by atoms with Crippen molar-refractivity contribution in [1.82, 2.24) is 4.98 Å². The lowest BCUT2D eigenvalue weighted by Gasteiger charge is -2.16. The molecule has 2 N–H and O–H groups in total. The molecular formula is C16H20F2N2O2. The van der Waals surface area contributed by atoms with Crippen LogP contribution in [-0.4, -0.2) is 28.5 Å². The van der Waals surface area contributed by atoms with E-state index in [0.717, 1.165) is 18.1 Å². The van der Waals surface area contributed by atoms with E-state index in [1.54, 1.807) is 12.1 Å². The molecule has 2 rings (SSSR count). The Hall–Kier alpha value is -1.82. The normalized spacial score (nSPS) is 19.7. The first-order chi connectivity index (χ1) is 10.5. The SMILES string of the molecule is O=C(/C=C1/CCCCCC1(F)F)Nc1cc(CCO)ccn1. The first-order valence-electron chi connectivity index (χ1n) is 7.47. The minimum atomic E-state index is -2.90. The van der Waals surface area contributed by atoms with Crippen molar-refractivity contribution in [3.05, 3.63) is 35.5 Å². The fraction of sp³-hybridized carbons (Fsp3) is 0.500. The lowest BCUT2D eigenvalue weighted by Crippen LogP contribution is -2.20. The minimum Gasteiger partial charge on any atom is -0.396 e. The van der Waals surface area contributed by atoms with Gasteiger partial charge in [0.1, 0.15) is 5.82 Å². The zero-order valence-electron chi connectivity index (χ0n) is 12.3. The van der Waals surface area contributed by atoms with Gasteiger partial charge in [0.05, 0.1) is 0 Å². The molecule has 1 amide bonds. The maximum absolute atomic E-state index is 13.9. The Kier molecular flexibility index (Phi) is 5.60. The number of aliphatic hydroxyl groups is 1. The molecule has 0 saturated heterocycles. The van der Waals surface area contributed by atoms with Crippen LogP contribution in [0.25, 0.3) is 0 Å². The first kappa shape index (κ1) is 16.5. The van der Waals surface area contributed by atoms with E-state index >= 15 is 0 Å². The predicted octanol–water partition coefficient (Wildman–Crippen LogP) is 3.08. The van der Waals surface area contributed by atoms with E-state index in [0.29, 0.717) is 25.1 Å². The van der Waals surface area contributed by atoms with Crippen molar-refractivity contribution in [2.24, 2.45) is 0 Å². The van der Waals surface area contributed by atoms with Gasteiger partial charge in [-0.1, -0.05) is 6.42 Å². The van der Waals surface area contributed by atoms with E-state index in [-0.39, 0.29) is 25.0 Å². The largest absolute Gasteiger partial charge is 0.396 e. The van der Waals surface area contributed by atoms with Crippen LogP contribution >= 0.6 is 0 Å². The third-order valence-electron chi connectivity index (χ3n) is 3.69. The van der Waals surface area contributed by atoms with Gasteiger partial charge in [-0.05, 0) is 43.4 Å². The summed E-state index contributed by atoms with van der Waals surface area (Å²) >= 11 is 0. The topological polar surface area (TPSA) is 62.2 Å². The van der Waals surface area contributed by atoms with Crippen molar-refractivity contribution >= 4 is 11.7 Å². The molecule has 1 heterocycles. The number of amides is 1. The molecule has 0 aromatic carbocycles. The van der Waals surface area contributed by atoms with Crippen LogP contribution in [-0.2, 0) is 11.2 Å². The summed E-state index contributed by atoms with van der Waals surface area (Å²) in [6, 6.07) is 3.35. The number of pyridine rings is 1. The van der Waals surface area contributed by atoms with Crippen LogP contribution in [0.2, 0.25) is 0 Å². The summed E-state index contributed by atoms with van der Waals surface area (Å²) in [6.45, 7) is -0.00628. The molecule has 1 aliphatic carbocycles. The first-order valence-corrected chi connectivity index (χ1v) is 7.47. The van der Waals surface area contributed by atoms with Gasteiger partial charge in [0.15, 0.2) is 0 Å². The van der Waals surface area contributed by atoms with Crippen LogP contribution < -0.4 is 5.32 Å². The van der Waals surface area contributed by atoms with Crippen molar-refractivity contribution in [1.29, 1.82) is 0 Å². The Morgan fingerprint density at radius 1 is 1.41 bits per heavy atom. The van der Waals surface area contributed by atoms with Gasteiger partial charge in [0.2, 0.25) is 5.91 Å². The number of halogens is 2. The second-order valence-electron chi connectivity index (χ2n) is 5.45. The second kappa shape index (κ2) is 7.45. The number of allylic oxidation sites excluding steroid dienone is 1. The Bertz CT molecular complexity index is 559. The van der Waals surface area contributed by atoms with E-state index in [1.807, 2.05) is 0 Å². The zero-order chi connectivity index (χ0) is 16.0. The average molecular weight is 310 g/mol. The lowest BCUT2D eigenvalue weighted by molar-refractivity contribution is -0.112. The molecule has 0 unspecified atom stereocenters. The molecule has 0 radical (unpaired) electrons. The smallest absolute Gasteiger partial charge is 0.269 e. The molecule has 0 atom stereocenters. The number of alkyl halides is 2. The van der Waals surface area contributed by atoms with Crippen LogP contribution in [0, 0.1) is 0 Å². The molecule has 1 aromatic heterocycles. The van der Waals surface area contributed by atoms with E-state index in [2.05, 4.69) is 10.3 Å². The Morgan fingerprint density at radius 3 is 3.00 bits per heavy atom. The molecule has 0 aliphatic heterocycles. The number of carbonyl (C=O) groups excluding carboxylic acids is 1. The molecule has 1 fully saturated rings. The minimum absolute atomic E-state index is 0.00628. The molecule has 0 bridgehead atoms. The van der Waals surface area contributed by atoms with Crippen molar-refractivity contribution in [2.75, 3.05) is 11.9 Å². The zero-order valence-corrected chi connectivity index (χ0v) is 12.3. The summed E-state index contributed by atoms with van der Waals surface area (Å²) in [5.41, 5.74) is 0.717. The fourth-order valence-electron chi connectivity index (χ4n) is 2.51. The number of hydrogen-bond donors (Lipinski definition) is 2. The summed E-state index contributed by atoms with van der Waals surface area (Å²) in [5.74, 6) is -3.20. The van der Waals surface area contributed by atoms with Crippen LogP contribution in [0.3, 0.4) is 0 Å². The van der Waals surface area contributed by atoms with Gasteiger partial charge in [-0.2, -0.15) is 0 Å². The summed E-state index contributed by atoms with van der Waals surface area (Å²) < 4.78 is 27.8. The summed E-state index contributed by atoms with van der Waals surface area (Å²) in [5, 5.41) is 11.4. The maximum atomic E-state index is 13.9. The Labute approximate surface area is 128 Å². The third-order valence-corrected chi connectivity index (χ3v) is 3.69. The van der Waals surface area contributed by atoms with E-state index in [1.165, 1.54) is 6.20 Å². The summed E-state index contributed by atoms with van der Waals surface area (Å²) in [4.78, 5) is 15.9. The molecule has 1 aromatic rings. The number of nitrogens with zero attached hydrogens (tertiary/aromatic N) is 1. The molecule has 120 valence electrons. The van der Waals surface area contributed by atoms with Crippen molar-refractivity contribution < 1.29 is 18.7 Å². The molecular weight excluding hydrogens is 290 g/mol. The maximum Gasteiger partial charge on any atom is 0.269 e. The van der Waals surface area contributed by atoms with Gasteiger partial charge in [0.25, 0.3) is 5.92 Å². The number of rotatable bonds is 4. The van der Waals surface area contributed by atoms with Crippen LogP contribution in [0.1, 0.15) is 37.7 Å². The van der Waals surface area contributed by atoms with E-state index in [4.69, 9.17) is 5.11 Å². The van der Waals surface area contributed by atoms with Crippen LogP contribution in [0.5, 0.6) is 0 Å². The molecule has 6 heteroatoms. The number of aromatic nitrogens is 1. The predicted molar refractivity (Wildman–Crippen MR) is 79.8 cm³/mol. The molecule has 1 aliphatic rings. The van der Waals surface area contributed by atoms with Crippen LogP contribution in [0.15, 0.2) is 30.0 Å². The quantitative estimate of drug-likeness (QED) is 0.663. The van der Waals surface area contributed by atoms with Gasteiger partial charge in [-0.3, -0.25) is 4.79 Å². The number of anilines is 1. The van der Waals surface area contributed by atoms with Crippen molar-refractivity contribution in [3.63, 3.8) is 0 Å². The number of aliphatic hydroxyl groups excluding tert-OH is 1. The number of nitrogens with one attached hydrogen (secondary N) is 1. The molecule has 0 spiro atoms. The van der Waals surface area contributed by atoms with Gasteiger partial charge in [-0.15, -0.1) is 0 Å². The fourth-order valence-corrected chi connectivity index (χ4v) is 2.51. The molecule has 22 heavy (non-hydrogen) atoms. The molecule has 4 nitrogen and oxygen atoms in total. The highest BCUT2D eigenvalue weighted by molar-refractivity contribution is 5.99.